The second kappa shape index (κ2) is 8.49. The fourth-order valence-corrected chi connectivity index (χ4v) is 4.35. The number of anilines is 1. The van der Waals surface area contributed by atoms with Crippen LogP contribution < -0.4 is 10.6 Å². The Labute approximate surface area is 180 Å². The zero-order chi connectivity index (χ0) is 22.1. The van der Waals surface area contributed by atoms with Gasteiger partial charge in [0.05, 0.1) is 11.9 Å². The molecule has 2 aliphatic heterocycles. The van der Waals surface area contributed by atoms with Crippen LogP contribution in [0.3, 0.4) is 0 Å². The highest BCUT2D eigenvalue weighted by Gasteiger charge is 2.43. The van der Waals surface area contributed by atoms with Gasteiger partial charge in [-0.2, -0.15) is 0 Å². The van der Waals surface area contributed by atoms with E-state index in [1.54, 1.807) is 13.8 Å². The lowest BCUT2D eigenvalue weighted by Crippen LogP contribution is -2.34. The Balaban J connectivity index is 1.44. The third-order valence-corrected chi connectivity index (χ3v) is 5.95. The van der Waals surface area contributed by atoms with Crippen LogP contribution in [0.4, 0.5) is 10.3 Å². The van der Waals surface area contributed by atoms with Gasteiger partial charge < -0.3 is 20.4 Å². The molecule has 2 N–H and O–H groups in total. The zero-order valence-corrected chi connectivity index (χ0v) is 18.0. The molecule has 2 saturated heterocycles. The SMILES string of the molecule is C/C(N)=N/OC(C)c1ccccc1C(=O)N1CC2CN(c3ncc(F)c(C)n3)CC2C1. The number of hydrogen-bond donors (Lipinski definition) is 1. The van der Waals surface area contributed by atoms with Crippen LogP contribution in [0.25, 0.3) is 0 Å². The number of oxime groups is 1. The molecule has 2 fully saturated rings. The first kappa shape index (κ1) is 21.0. The number of hydrogen-bond acceptors (Lipinski definition) is 6. The average molecular weight is 426 g/mol. The summed E-state index contributed by atoms with van der Waals surface area (Å²) >= 11 is 0. The molecule has 31 heavy (non-hydrogen) atoms. The Morgan fingerprint density at radius 3 is 2.58 bits per heavy atom. The molecule has 1 amide bonds. The number of benzene rings is 1. The smallest absolute Gasteiger partial charge is 0.254 e. The van der Waals surface area contributed by atoms with Crippen molar-refractivity contribution >= 4 is 17.7 Å². The molecular formula is C22H27FN6O2. The highest BCUT2D eigenvalue weighted by atomic mass is 19.1. The van der Waals surface area contributed by atoms with Crippen molar-refractivity contribution in [2.75, 3.05) is 31.1 Å². The third-order valence-electron chi connectivity index (χ3n) is 5.95. The van der Waals surface area contributed by atoms with E-state index in [2.05, 4.69) is 20.0 Å². The molecule has 3 atom stereocenters. The third kappa shape index (κ3) is 4.30. The fourth-order valence-electron chi connectivity index (χ4n) is 4.35. The van der Waals surface area contributed by atoms with Gasteiger partial charge in [-0.25, -0.2) is 14.4 Å². The number of amides is 1. The van der Waals surface area contributed by atoms with E-state index in [4.69, 9.17) is 10.6 Å². The van der Waals surface area contributed by atoms with E-state index in [0.717, 1.165) is 18.7 Å². The van der Waals surface area contributed by atoms with E-state index >= 15 is 0 Å². The summed E-state index contributed by atoms with van der Waals surface area (Å²) in [4.78, 5) is 31.1. The Morgan fingerprint density at radius 2 is 1.94 bits per heavy atom. The average Bonchev–Trinajstić information content (AvgIpc) is 3.33. The summed E-state index contributed by atoms with van der Waals surface area (Å²) in [5.74, 6) is 1.15. The standard InChI is InChI=1S/C22H27FN6O2/c1-13-20(23)8-25-22(26-13)29-11-16-9-28(10-17(16)12-29)21(30)19-7-5-4-6-18(19)14(2)31-27-15(3)24/h4-8,14,16-17H,9-12H2,1-3H3,(H2,24,27). The van der Waals surface area contributed by atoms with Gasteiger partial charge in [0, 0.05) is 49.1 Å². The molecule has 164 valence electrons. The normalized spacial score (nSPS) is 21.9. The molecule has 3 heterocycles. The maximum absolute atomic E-state index is 13.5. The van der Waals surface area contributed by atoms with Crippen molar-refractivity contribution in [3.8, 4) is 0 Å². The molecule has 2 aromatic rings. The van der Waals surface area contributed by atoms with E-state index < -0.39 is 11.9 Å². The van der Waals surface area contributed by atoms with E-state index in [1.807, 2.05) is 36.1 Å². The van der Waals surface area contributed by atoms with Crippen LogP contribution in [0, 0.1) is 24.6 Å². The van der Waals surface area contributed by atoms with Crippen molar-refractivity contribution in [2.24, 2.45) is 22.7 Å². The summed E-state index contributed by atoms with van der Waals surface area (Å²) in [7, 11) is 0. The van der Waals surface area contributed by atoms with E-state index in [1.165, 1.54) is 6.20 Å². The summed E-state index contributed by atoms with van der Waals surface area (Å²) in [6.45, 7) is 7.98. The quantitative estimate of drug-likeness (QED) is 0.448. The highest BCUT2D eigenvalue weighted by molar-refractivity contribution is 5.96. The van der Waals surface area contributed by atoms with Crippen molar-refractivity contribution < 1.29 is 14.0 Å². The van der Waals surface area contributed by atoms with Gasteiger partial charge in [-0.05, 0) is 26.8 Å². The number of aryl methyl sites for hydroxylation is 1. The number of carbonyl (C=O) groups is 1. The summed E-state index contributed by atoms with van der Waals surface area (Å²) in [6.07, 6.45) is 0.827. The molecule has 4 rings (SSSR count). The molecule has 9 heteroatoms. The van der Waals surface area contributed by atoms with Crippen LogP contribution in [0.1, 0.15) is 41.6 Å². The van der Waals surface area contributed by atoms with Crippen LogP contribution >= 0.6 is 0 Å². The molecule has 0 spiro atoms. The number of fused-ring (bicyclic) bond motifs is 1. The predicted octanol–water partition coefficient (Wildman–Crippen LogP) is 2.50. The number of amidine groups is 1. The number of halogens is 1. The van der Waals surface area contributed by atoms with Crippen LogP contribution in [0.5, 0.6) is 0 Å². The number of carbonyl (C=O) groups excluding carboxylic acids is 1. The summed E-state index contributed by atoms with van der Waals surface area (Å²) in [5.41, 5.74) is 7.31. The number of likely N-dealkylation sites (tertiary alicyclic amines) is 1. The molecule has 1 aromatic carbocycles. The lowest BCUT2D eigenvalue weighted by molar-refractivity contribution is 0.0669. The minimum absolute atomic E-state index is 0.00525. The van der Waals surface area contributed by atoms with Gasteiger partial charge in [0.25, 0.3) is 5.91 Å². The van der Waals surface area contributed by atoms with Crippen LogP contribution in [-0.4, -0.2) is 52.8 Å². The maximum Gasteiger partial charge on any atom is 0.254 e. The minimum atomic E-state index is -0.399. The molecule has 1 aromatic heterocycles. The minimum Gasteiger partial charge on any atom is -0.386 e. The van der Waals surface area contributed by atoms with Gasteiger partial charge in [0.2, 0.25) is 5.95 Å². The number of nitrogens with two attached hydrogens (primary N) is 1. The van der Waals surface area contributed by atoms with Gasteiger partial charge in [-0.3, -0.25) is 4.79 Å². The summed E-state index contributed by atoms with van der Waals surface area (Å²) in [5, 5.41) is 3.82. The van der Waals surface area contributed by atoms with Crippen molar-refractivity contribution in [1.82, 2.24) is 14.9 Å². The Morgan fingerprint density at radius 1 is 1.26 bits per heavy atom. The number of aromatic nitrogens is 2. The lowest BCUT2D eigenvalue weighted by atomic mass is 10.0. The highest BCUT2D eigenvalue weighted by Crippen LogP contribution is 2.34. The fraction of sp³-hybridized carbons (Fsp3) is 0.455. The second-order valence-electron chi connectivity index (χ2n) is 8.31. The lowest BCUT2D eigenvalue weighted by Gasteiger charge is -2.23. The molecule has 8 nitrogen and oxygen atoms in total. The maximum atomic E-state index is 13.5. The molecule has 2 aliphatic rings. The Bertz CT molecular complexity index is 995. The first-order valence-electron chi connectivity index (χ1n) is 10.4. The van der Waals surface area contributed by atoms with E-state index in [9.17, 15) is 9.18 Å². The summed E-state index contributed by atoms with van der Waals surface area (Å²) in [6, 6.07) is 7.44. The van der Waals surface area contributed by atoms with Crippen molar-refractivity contribution in [3.05, 3.63) is 53.1 Å². The topological polar surface area (TPSA) is 96.9 Å². The van der Waals surface area contributed by atoms with Crippen molar-refractivity contribution in [2.45, 2.75) is 26.9 Å². The van der Waals surface area contributed by atoms with Gasteiger partial charge in [0.1, 0.15) is 5.84 Å². The molecule has 3 unspecified atom stereocenters. The summed E-state index contributed by atoms with van der Waals surface area (Å²) < 4.78 is 13.5. The zero-order valence-electron chi connectivity index (χ0n) is 18.0. The van der Waals surface area contributed by atoms with Crippen LogP contribution in [0.2, 0.25) is 0 Å². The monoisotopic (exact) mass is 426 g/mol. The molecule has 0 saturated carbocycles. The van der Waals surface area contributed by atoms with E-state index in [0.29, 0.717) is 48.0 Å². The Hall–Kier alpha value is -3.23. The number of nitrogens with zero attached hydrogens (tertiary/aromatic N) is 5. The van der Waals surface area contributed by atoms with Gasteiger partial charge in [-0.1, -0.05) is 23.4 Å². The molecule has 0 bridgehead atoms. The predicted molar refractivity (Wildman–Crippen MR) is 115 cm³/mol. The Kier molecular flexibility index (Phi) is 5.75. The van der Waals surface area contributed by atoms with Gasteiger partial charge >= 0.3 is 0 Å². The largest absolute Gasteiger partial charge is 0.386 e. The molecule has 0 radical (unpaired) electrons. The molecule has 0 aliphatic carbocycles. The first-order chi connectivity index (χ1) is 14.8. The van der Waals surface area contributed by atoms with Crippen LogP contribution in [-0.2, 0) is 4.84 Å². The van der Waals surface area contributed by atoms with E-state index in [-0.39, 0.29) is 5.91 Å². The molecular weight excluding hydrogens is 399 g/mol. The second-order valence-corrected chi connectivity index (χ2v) is 8.31. The van der Waals surface area contributed by atoms with Crippen LogP contribution in [0.15, 0.2) is 35.6 Å². The number of rotatable bonds is 5. The van der Waals surface area contributed by atoms with Gasteiger partial charge in [0.15, 0.2) is 11.9 Å². The van der Waals surface area contributed by atoms with Gasteiger partial charge in [-0.15, -0.1) is 0 Å². The first-order valence-corrected chi connectivity index (χ1v) is 10.4. The van der Waals surface area contributed by atoms with Crippen molar-refractivity contribution in [1.29, 1.82) is 0 Å². The van der Waals surface area contributed by atoms with Crippen molar-refractivity contribution in [3.63, 3.8) is 0 Å².